The second kappa shape index (κ2) is 7.35. The zero-order chi connectivity index (χ0) is 19.7. The van der Waals surface area contributed by atoms with Gasteiger partial charge in [-0.25, -0.2) is 0 Å². The van der Waals surface area contributed by atoms with E-state index in [1.54, 1.807) is 4.90 Å². The Kier molecular flexibility index (Phi) is 5.29. The van der Waals surface area contributed by atoms with Crippen LogP contribution in [0.15, 0.2) is 48.5 Å². The highest BCUT2D eigenvalue weighted by Crippen LogP contribution is 2.40. The molecule has 1 aliphatic heterocycles. The van der Waals surface area contributed by atoms with Gasteiger partial charge in [-0.15, -0.1) is 0 Å². The number of hydrogen-bond acceptors (Lipinski definition) is 2. The molecule has 0 bridgehead atoms. The van der Waals surface area contributed by atoms with Gasteiger partial charge in [-0.2, -0.15) is 13.2 Å². The maximum atomic E-state index is 13.2. The molecule has 3 rings (SSSR count). The molecule has 3 nitrogen and oxygen atoms in total. The molecule has 1 N–H and O–H groups in total. The molecule has 0 spiro atoms. The fourth-order valence-electron chi connectivity index (χ4n) is 3.35. The smallest absolute Gasteiger partial charge is 0.376 e. The van der Waals surface area contributed by atoms with Crippen molar-refractivity contribution in [3.63, 3.8) is 0 Å². The maximum absolute atomic E-state index is 13.2. The zero-order valence-electron chi connectivity index (χ0n) is 15.1. The molecule has 2 aromatic carbocycles. The Hall–Kier alpha value is -2.34. The van der Waals surface area contributed by atoms with Gasteiger partial charge in [0.2, 0.25) is 5.91 Å². The maximum Gasteiger partial charge on any atom is 0.421 e. The van der Waals surface area contributed by atoms with Crippen LogP contribution >= 0.6 is 0 Å². The standard InChI is InChI=1S/C21H22F3NO2/c1-20(27,21(22,23)24)17-10-11-18-16(14-17)9-5-6-12-25(18)19(26)13-15-7-3-2-4-8-15/h2-4,7-8,10-11,14,27H,5-6,9,12-13H2,1H3. The number of aliphatic hydroxyl groups is 1. The Labute approximate surface area is 156 Å². The molecule has 0 radical (unpaired) electrons. The lowest BCUT2D eigenvalue weighted by atomic mass is 9.92. The number of aryl methyl sites for hydroxylation is 1. The van der Waals surface area contributed by atoms with E-state index in [4.69, 9.17) is 0 Å². The number of hydrogen-bond donors (Lipinski definition) is 1. The first-order valence-corrected chi connectivity index (χ1v) is 8.97. The highest BCUT2D eigenvalue weighted by molar-refractivity contribution is 5.95. The van der Waals surface area contributed by atoms with Gasteiger partial charge >= 0.3 is 6.18 Å². The van der Waals surface area contributed by atoms with Crippen molar-refractivity contribution in [3.8, 4) is 0 Å². The number of carbonyl (C=O) groups is 1. The number of nitrogens with zero attached hydrogens (tertiary/aromatic N) is 1. The summed E-state index contributed by atoms with van der Waals surface area (Å²) in [6, 6.07) is 13.5. The molecular weight excluding hydrogens is 355 g/mol. The third-order valence-corrected chi connectivity index (χ3v) is 5.06. The zero-order valence-corrected chi connectivity index (χ0v) is 15.1. The van der Waals surface area contributed by atoms with Crippen molar-refractivity contribution < 1.29 is 23.1 Å². The van der Waals surface area contributed by atoms with Crippen LogP contribution in [0, 0.1) is 0 Å². The Morgan fingerprint density at radius 1 is 1.11 bits per heavy atom. The van der Waals surface area contributed by atoms with Gasteiger partial charge in [-0.3, -0.25) is 4.79 Å². The van der Waals surface area contributed by atoms with E-state index in [2.05, 4.69) is 0 Å². The van der Waals surface area contributed by atoms with E-state index in [9.17, 15) is 23.1 Å². The normalized spacial score (nSPS) is 17.0. The van der Waals surface area contributed by atoms with Crippen LogP contribution in [0.5, 0.6) is 0 Å². The van der Waals surface area contributed by atoms with Gasteiger partial charge in [0.1, 0.15) is 0 Å². The van der Waals surface area contributed by atoms with Crippen LogP contribution in [0.3, 0.4) is 0 Å². The lowest BCUT2D eigenvalue weighted by Gasteiger charge is -2.29. The second-order valence-corrected chi connectivity index (χ2v) is 7.08. The van der Waals surface area contributed by atoms with Crippen molar-refractivity contribution in [1.82, 2.24) is 0 Å². The Morgan fingerprint density at radius 3 is 2.48 bits per heavy atom. The van der Waals surface area contributed by atoms with Crippen LogP contribution in [0.2, 0.25) is 0 Å². The van der Waals surface area contributed by atoms with Crippen LogP contribution in [-0.2, 0) is 23.2 Å². The molecule has 1 unspecified atom stereocenters. The number of amides is 1. The molecule has 144 valence electrons. The minimum Gasteiger partial charge on any atom is -0.376 e. The van der Waals surface area contributed by atoms with Gasteiger partial charge in [0.25, 0.3) is 0 Å². The Morgan fingerprint density at radius 2 is 1.81 bits per heavy atom. The molecule has 1 atom stereocenters. The highest BCUT2D eigenvalue weighted by Gasteiger charge is 2.51. The fourth-order valence-corrected chi connectivity index (χ4v) is 3.35. The summed E-state index contributed by atoms with van der Waals surface area (Å²) in [6.07, 6.45) is -2.40. The van der Waals surface area contributed by atoms with Gasteiger partial charge in [-0.1, -0.05) is 42.5 Å². The van der Waals surface area contributed by atoms with Gasteiger partial charge in [0, 0.05) is 12.2 Å². The minimum absolute atomic E-state index is 0.0836. The van der Waals surface area contributed by atoms with E-state index in [1.807, 2.05) is 30.3 Å². The topological polar surface area (TPSA) is 40.5 Å². The average Bonchev–Trinajstić information content (AvgIpc) is 2.83. The number of anilines is 1. The summed E-state index contributed by atoms with van der Waals surface area (Å²) >= 11 is 0. The van der Waals surface area contributed by atoms with Gasteiger partial charge in [0.15, 0.2) is 5.60 Å². The monoisotopic (exact) mass is 377 g/mol. The lowest BCUT2D eigenvalue weighted by Crippen LogP contribution is -2.39. The lowest BCUT2D eigenvalue weighted by molar-refractivity contribution is -0.258. The molecule has 0 saturated heterocycles. The molecule has 1 amide bonds. The average molecular weight is 377 g/mol. The van der Waals surface area contributed by atoms with Crippen LogP contribution in [0.25, 0.3) is 0 Å². The summed E-state index contributed by atoms with van der Waals surface area (Å²) in [5, 5.41) is 9.96. The number of alkyl halides is 3. The summed E-state index contributed by atoms with van der Waals surface area (Å²) in [5.41, 5.74) is -0.935. The predicted molar refractivity (Wildman–Crippen MR) is 97.5 cm³/mol. The van der Waals surface area contributed by atoms with Gasteiger partial charge in [0.05, 0.1) is 6.42 Å². The van der Waals surface area contributed by atoms with Crippen molar-refractivity contribution in [3.05, 3.63) is 65.2 Å². The van der Waals surface area contributed by atoms with Gasteiger partial charge < -0.3 is 10.0 Å². The fraction of sp³-hybridized carbons (Fsp3) is 0.381. The van der Waals surface area contributed by atoms with E-state index in [0.717, 1.165) is 25.3 Å². The quantitative estimate of drug-likeness (QED) is 0.863. The Balaban J connectivity index is 1.92. The summed E-state index contributed by atoms with van der Waals surface area (Å²) in [6.45, 7) is 1.29. The molecule has 6 heteroatoms. The molecule has 0 fully saturated rings. The number of halogens is 3. The molecule has 27 heavy (non-hydrogen) atoms. The van der Waals surface area contributed by atoms with Crippen molar-refractivity contribution in [2.75, 3.05) is 11.4 Å². The van der Waals surface area contributed by atoms with Crippen molar-refractivity contribution in [2.24, 2.45) is 0 Å². The highest BCUT2D eigenvalue weighted by atomic mass is 19.4. The molecule has 1 heterocycles. The van der Waals surface area contributed by atoms with Crippen LogP contribution in [0.1, 0.15) is 36.5 Å². The van der Waals surface area contributed by atoms with E-state index >= 15 is 0 Å². The molecule has 2 aromatic rings. The summed E-state index contributed by atoms with van der Waals surface area (Å²) in [5.74, 6) is -0.0836. The Bertz CT molecular complexity index is 816. The van der Waals surface area contributed by atoms with Crippen LogP contribution < -0.4 is 4.90 Å². The summed E-state index contributed by atoms with van der Waals surface area (Å²) in [7, 11) is 0. The van der Waals surface area contributed by atoms with Crippen molar-refractivity contribution in [1.29, 1.82) is 0 Å². The van der Waals surface area contributed by atoms with E-state index in [1.165, 1.54) is 18.2 Å². The summed E-state index contributed by atoms with van der Waals surface area (Å²) < 4.78 is 39.5. The third kappa shape index (κ3) is 4.00. The molecular formula is C21H22F3NO2. The number of rotatable bonds is 3. The number of benzene rings is 2. The van der Waals surface area contributed by atoms with Crippen LogP contribution in [0.4, 0.5) is 18.9 Å². The summed E-state index contributed by atoms with van der Waals surface area (Å²) in [4.78, 5) is 14.5. The minimum atomic E-state index is -4.77. The molecule has 0 aliphatic carbocycles. The number of fused-ring (bicyclic) bond motifs is 1. The SMILES string of the molecule is CC(O)(c1ccc2c(c1)CCCCN2C(=O)Cc1ccccc1)C(F)(F)F. The van der Waals surface area contributed by atoms with Gasteiger partial charge in [-0.05, 0) is 48.9 Å². The number of carbonyl (C=O) groups excluding carboxylic acids is 1. The van der Waals surface area contributed by atoms with E-state index in [-0.39, 0.29) is 17.9 Å². The van der Waals surface area contributed by atoms with E-state index in [0.29, 0.717) is 24.2 Å². The molecule has 0 aromatic heterocycles. The first-order chi connectivity index (χ1) is 12.7. The third-order valence-electron chi connectivity index (χ3n) is 5.06. The first-order valence-electron chi connectivity index (χ1n) is 8.97. The van der Waals surface area contributed by atoms with Crippen molar-refractivity contribution in [2.45, 2.75) is 44.4 Å². The van der Waals surface area contributed by atoms with E-state index < -0.39 is 11.8 Å². The second-order valence-electron chi connectivity index (χ2n) is 7.08. The van der Waals surface area contributed by atoms with Crippen molar-refractivity contribution >= 4 is 11.6 Å². The predicted octanol–water partition coefficient (Wildman–Crippen LogP) is 4.37. The van der Waals surface area contributed by atoms with Crippen LogP contribution in [-0.4, -0.2) is 23.7 Å². The largest absolute Gasteiger partial charge is 0.421 e. The molecule has 0 saturated carbocycles. The molecule has 1 aliphatic rings. The first kappa shape index (κ1) is 19.4.